The van der Waals surface area contributed by atoms with Gasteiger partial charge in [-0.25, -0.2) is 0 Å². The number of hydrogen-bond donors (Lipinski definition) is 3. The Bertz CT molecular complexity index is 283. The quantitative estimate of drug-likeness (QED) is 0.649. The van der Waals surface area contributed by atoms with E-state index in [0.717, 1.165) is 0 Å². The van der Waals surface area contributed by atoms with Crippen molar-refractivity contribution in [3.63, 3.8) is 0 Å². The molecule has 0 aromatic rings. The van der Waals surface area contributed by atoms with E-state index in [1.807, 2.05) is 0 Å². The van der Waals surface area contributed by atoms with Gasteiger partial charge in [-0.15, -0.1) is 0 Å². The van der Waals surface area contributed by atoms with Crippen molar-refractivity contribution in [2.24, 2.45) is 11.1 Å². The third-order valence-electron chi connectivity index (χ3n) is 2.94. The number of aliphatic carboxylic acids is 2. The fourth-order valence-corrected chi connectivity index (χ4v) is 3.43. The summed E-state index contributed by atoms with van der Waals surface area (Å²) in [7, 11) is 0. The van der Waals surface area contributed by atoms with Crippen molar-refractivity contribution in [1.29, 1.82) is 0 Å². The molecule has 1 saturated carbocycles. The van der Waals surface area contributed by atoms with Crippen molar-refractivity contribution in [1.82, 2.24) is 0 Å². The van der Waals surface area contributed by atoms with Crippen LogP contribution in [0, 0.1) is 5.41 Å². The summed E-state index contributed by atoms with van der Waals surface area (Å²) in [6, 6.07) is -0.210. The molecule has 1 rings (SSSR count). The van der Waals surface area contributed by atoms with Crippen LogP contribution in [0.25, 0.3) is 0 Å². The lowest BCUT2D eigenvalue weighted by molar-refractivity contribution is -0.155. The molecule has 1 aliphatic carbocycles. The van der Waals surface area contributed by atoms with Crippen LogP contribution in [0.2, 0.25) is 0 Å². The molecular weight excluding hydrogens is 218 g/mol. The molecule has 86 valence electrons. The summed E-state index contributed by atoms with van der Waals surface area (Å²) >= 11 is 1.39. The van der Waals surface area contributed by atoms with Gasteiger partial charge in [0.2, 0.25) is 0 Å². The highest BCUT2D eigenvalue weighted by molar-refractivity contribution is 7.99. The summed E-state index contributed by atoms with van der Waals surface area (Å²) in [4.78, 5) is 22.0. The summed E-state index contributed by atoms with van der Waals surface area (Å²) in [6.45, 7) is 0. The summed E-state index contributed by atoms with van der Waals surface area (Å²) in [5.74, 6) is -2.12. The molecule has 3 unspecified atom stereocenters. The highest BCUT2D eigenvalue weighted by Crippen LogP contribution is 2.46. The van der Waals surface area contributed by atoms with Crippen LogP contribution in [-0.4, -0.2) is 39.7 Å². The standard InChI is InChI=1S/C9H15NO4S/c1-15-6-2-5(10)3-9(6,8(13)14)4-7(11)12/h5-6H,2-4,10H2,1H3,(H,11,12)(H,13,14). The average Bonchev–Trinajstić information content (AvgIpc) is 2.42. The third-order valence-corrected chi connectivity index (χ3v) is 4.15. The van der Waals surface area contributed by atoms with Gasteiger partial charge in [-0.05, 0) is 19.1 Å². The van der Waals surface area contributed by atoms with E-state index in [1.54, 1.807) is 6.26 Å². The number of carbonyl (C=O) groups is 2. The molecule has 3 atom stereocenters. The summed E-state index contributed by atoms with van der Waals surface area (Å²) in [5.41, 5.74) is 4.53. The van der Waals surface area contributed by atoms with Gasteiger partial charge in [0.25, 0.3) is 0 Å². The molecule has 0 aromatic heterocycles. The predicted molar refractivity (Wildman–Crippen MR) is 56.8 cm³/mol. The molecule has 0 amide bonds. The van der Waals surface area contributed by atoms with E-state index in [2.05, 4.69) is 0 Å². The van der Waals surface area contributed by atoms with E-state index < -0.39 is 17.4 Å². The SMILES string of the molecule is CSC1CC(N)CC1(CC(=O)O)C(=O)O. The molecule has 0 radical (unpaired) electrons. The second-order valence-corrected chi connectivity index (χ2v) is 5.00. The molecule has 1 aliphatic rings. The largest absolute Gasteiger partial charge is 0.481 e. The first-order valence-electron chi connectivity index (χ1n) is 4.66. The summed E-state index contributed by atoms with van der Waals surface area (Å²) in [6.07, 6.45) is 2.27. The fraction of sp³-hybridized carbons (Fsp3) is 0.778. The highest BCUT2D eigenvalue weighted by atomic mass is 32.2. The van der Waals surface area contributed by atoms with Gasteiger partial charge >= 0.3 is 11.9 Å². The smallest absolute Gasteiger partial charge is 0.311 e. The minimum atomic E-state index is -1.19. The Morgan fingerprint density at radius 1 is 1.53 bits per heavy atom. The molecule has 5 nitrogen and oxygen atoms in total. The Hall–Kier alpha value is -0.750. The van der Waals surface area contributed by atoms with E-state index in [4.69, 9.17) is 10.8 Å². The lowest BCUT2D eigenvalue weighted by atomic mass is 9.82. The minimum Gasteiger partial charge on any atom is -0.481 e. The lowest BCUT2D eigenvalue weighted by Gasteiger charge is -2.28. The number of carboxylic acid groups (broad SMARTS) is 2. The van der Waals surface area contributed by atoms with Gasteiger partial charge in [-0.2, -0.15) is 11.8 Å². The van der Waals surface area contributed by atoms with E-state index >= 15 is 0 Å². The van der Waals surface area contributed by atoms with E-state index in [1.165, 1.54) is 11.8 Å². The average molecular weight is 233 g/mol. The van der Waals surface area contributed by atoms with Crippen LogP contribution < -0.4 is 5.73 Å². The number of nitrogens with two attached hydrogens (primary N) is 1. The van der Waals surface area contributed by atoms with Gasteiger partial charge in [-0.1, -0.05) is 0 Å². The normalized spacial score (nSPS) is 35.3. The third kappa shape index (κ3) is 2.26. The van der Waals surface area contributed by atoms with Crippen molar-refractivity contribution < 1.29 is 19.8 Å². The number of hydrogen-bond acceptors (Lipinski definition) is 4. The predicted octanol–water partition coefficient (Wildman–Crippen LogP) is 0.385. The zero-order valence-corrected chi connectivity index (χ0v) is 9.29. The molecule has 4 N–H and O–H groups in total. The van der Waals surface area contributed by atoms with E-state index in [-0.39, 0.29) is 24.1 Å². The van der Waals surface area contributed by atoms with Crippen LogP contribution >= 0.6 is 11.8 Å². The van der Waals surface area contributed by atoms with Crippen LogP contribution in [0.4, 0.5) is 0 Å². The molecule has 0 heterocycles. The molecule has 0 aromatic carbocycles. The molecule has 1 fully saturated rings. The van der Waals surface area contributed by atoms with Crippen LogP contribution in [0.3, 0.4) is 0 Å². The molecule has 0 spiro atoms. The second-order valence-electron chi connectivity index (χ2n) is 3.96. The van der Waals surface area contributed by atoms with Gasteiger partial charge < -0.3 is 15.9 Å². The van der Waals surface area contributed by atoms with Crippen LogP contribution in [0.1, 0.15) is 19.3 Å². The van der Waals surface area contributed by atoms with Crippen LogP contribution in [0.15, 0.2) is 0 Å². The zero-order chi connectivity index (χ0) is 11.6. The first-order valence-corrected chi connectivity index (χ1v) is 5.94. The maximum atomic E-state index is 11.2. The Balaban J connectivity index is 2.98. The van der Waals surface area contributed by atoms with Gasteiger partial charge in [0.1, 0.15) is 0 Å². The number of rotatable bonds is 4. The Kier molecular flexibility index (Phi) is 3.62. The summed E-state index contributed by atoms with van der Waals surface area (Å²) < 4.78 is 0. The molecule has 15 heavy (non-hydrogen) atoms. The van der Waals surface area contributed by atoms with Crippen molar-refractivity contribution in [3.8, 4) is 0 Å². The van der Waals surface area contributed by atoms with Crippen molar-refractivity contribution in [2.75, 3.05) is 6.26 Å². The lowest BCUT2D eigenvalue weighted by Crippen LogP contribution is -2.39. The first-order chi connectivity index (χ1) is 6.92. The van der Waals surface area contributed by atoms with Gasteiger partial charge in [0, 0.05) is 11.3 Å². The number of carboxylic acids is 2. The first kappa shape index (κ1) is 12.3. The van der Waals surface area contributed by atoms with E-state index in [9.17, 15) is 14.7 Å². The second kappa shape index (κ2) is 4.40. The fourth-order valence-electron chi connectivity index (χ4n) is 2.26. The van der Waals surface area contributed by atoms with Crippen molar-refractivity contribution >= 4 is 23.7 Å². The molecule has 0 aliphatic heterocycles. The van der Waals surface area contributed by atoms with Crippen LogP contribution in [0.5, 0.6) is 0 Å². The van der Waals surface area contributed by atoms with Gasteiger partial charge in [0.05, 0.1) is 11.8 Å². The molecule has 6 heteroatoms. The maximum absolute atomic E-state index is 11.2. The Morgan fingerprint density at radius 2 is 2.13 bits per heavy atom. The van der Waals surface area contributed by atoms with Crippen molar-refractivity contribution in [2.45, 2.75) is 30.6 Å². The van der Waals surface area contributed by atoms with E-state index in [0.29, 0.717) is 6.42 Å². The highest BCUT2D eigenvalue weighted by Gasteiger charge is 2.53. The maximum Gasteiger partial charge on any atom is 0.311 e. The molecular formula is C9H15NO4S. The monoisotopic (exact) mass is 233 g/mol. The summed E-state index contributed by atoms with van der Waals surface area (Å²) in [5, 5.41) is 17.8. The topological polar surface area (TPSA) is 101 Å². The molecule has 0 bridgehead atoms. The van der Waals surface area contributed by atoms with Gasteiger partial charge in [0.15, 0.2) is 0 Å². The van der Waals surface area contributed by atoms with Crippen LogP contribution in [-0.2, 0) is 9.59 Å². The minimum absolute atomic E-state index is 0.207. The molecule has 0 saturated heterocycles. The number of thioether (sulfide) groups is 1. The van der Waals surface area contributed by atoms with Crippen molar-refractivity contribution in [3.05, 3.63) is 0 Å². The Labute approximate surface area is 92.0 Å². The zero-order valence-electron chi connectivity index (χ0n) is 8.47. The van der Waals surface area contributed by atoms with Gasteiger partial charge in [-0.3, -0.25) is 9.59 Å². The Morgan fingerprint density at radius 3 is 2.53 bits per heavy atom.